The van der Waals surface area contributed by atoms with Gasteiger partial charge in [0.05, 0.1) is 17.6 Å². The van der Waals surface area contributed by atoms with Gasteiger partial charge in [-0.25, -0.2) is 4.79 Å². The third-order valence-electron chi connectivity index (χ3n) is 3.80. The molecule has 0 heterocycles. The molecule has 0 aliphatic carbocycles. The molecule has 0 spiro atoms. The lowest BCUT2D eigenvalue weighted by Crippen LogP contribution is -2.25. The number of esters is 3. The first-order valence-electron chi connectivity index (χ1n) is 8.56. The molecular formula is C19H20NO8P. The molecule has 0 radical (unpaired) electrons. The molecule has 0 amide bonds. The van der Waals surface area contributed by atoms with Gasteiger partial charge < -0.3 is 25.0 Å². The highest BCUT2D eigenvalue weighted by Gasteiger charge is 2.30. The summed E-state index contributed by atoms with van der Waals surface area (Å²) in [5.74, 6) is -3.82. The normalized spacial score (nSPS) is 12.1. The maximum atomic E-state index is 12.3. The van der Waals surface area contributed by atoms with E-state index in [-0.39, 0.29) is 17.7 Å². The van der Waals surface area contributed by atoms with Gasteiger partial charge in [-0.15, -0.1) is 0 Å². The van der Waals surface area contributed by atoms with Crippen molar-refractivity contribution < 1.29 is 38.2 Å². The zero-order chi connectivity index (χ0) is 21.4. The summed E-state index contributed by atoms with van der Waals surface area (Å²) in [6.07, 6.45) is -1.47. The highest BCUT2D eigenvalue weighted by Crippen LogP contribution is 2.38. The highest BCUT2D eigenvalue weighted by atomic mass is 31.2. The van der Waals surface area contributed by atoms with E-state index >= 15 is 0 Å². The molecule has 9 nitrogen and oxygen atoms in total. The number of nitrogen functional groups attached to an aromatic ring is 1. The van der Waals surface area contributed by atoms with E-state index < -0.39 is 44.0 Å². The predicted octanol–water partition coefficient (Wildman–Crippen LogP) is 2.13. The van der Waals surface area contributed by atoms with Gasteiger partial charge in [0.25, 0.3) is 0 Å². The SMILES string of the molecule is Nc1ccc(OC(=O)C(CCC(=O)OC(=O)c2ccccc2)CP(=O)(O)O)cc1. The molecule has 2 rings (SSSR count). The van der Waals surface area contributed by atoms with Gasteiger partial charge in [0.15, 0.2) is 0 Å². The molecule has 2 aromatic rings. The molecule has 0 saturated heterocycles. The van der Waals surface area contributed by atoms with Crippen LogP contribution in [-0.4, -0.2) is 33.9 Å². The molecule has 0 aliphatic rings. The molecule has 154 valence electrons. The van der Waals surface area contributed by atoms with Crippen LogP contribution < -0.4 is 10.5 Å². The summed E-state index contributed by atoms with van der Waals surface area (Å²) in [4.78, 5) is 54.5. The number of hydrogen-bond donors (Lipinski definition) is 3. The smallest absolute Gasteiger partial charge is 0.345 e. The third-order valence-corrected chi connectivity index (χ3v) is 4.72. The van der Waals surface area contributed by atoms with Crippen LogP contribution in [0.2, 0.25) is 0 Å². The summed E-state index contributed by atoms with van der Waals surface area (Å²) < 4.78 is 21.1. The van der Waals surface area contributed by atoms with Crippen molar-refractivity contribution in [3.63, 3.8) is 0 Å². The Morgan fingerprint density at radius 3 is 2.21 bits per heavy atom. The maximum Gasteiger partial charge on any atom is 0.345 e. The Labute approximate surface area is 166 Å². The average molecular weight is 421 g/mol. The number of ether oxygens (including phenoxy) is 2. The van der Waals surface area contributed by atoms with Crippen molar-refractivity contribution >= 4 is 31.2 Å². The summed E-state index contributed by atoms with van der Waals surface area (Å²) in [5.41, 5.74) is 6.16. The Bertz CT molecular complexity index is 908. The largest absolute Gasteiger partial charge is 0.426 e. The van der Waals surface area contributed by atoms with Crippen molar-refractivity contribution in [2.45, 2.75) is 12.8 Å². The van der Waals surface area contributed by atoms with Crippen molar-refractivity contribution in [3.05, 3.63) is 60.2 Å². The Morgan fingerprint density at radius 2 is 1.62 bits per heavy atom. The first kappa shape index (κ1) is 22.3. The van der Waals surface area contributed by atoms with Gasteiger partial charge in [-0.1, -0.05) is 18.2 Å². The molecule has 0 aromatic heterocycles. The van der Waals surface area contributed by atoms with Crippen LogP contribution in [-0.2, 0) is 18.9 Å². The van der Waals surface area contributed by atoms with Crippen LogP contribution in [0.3, 0.4) is 0 Å². The Hall–Kier alpha value is -3.00. The summed E-state index contributed by atoms with van der Waals surface area (Å²) in [5, 5.41) is 0. The van der Waals surface area contributed by atoms with Crippen molar-refractivity contribution in [1.82, 2.24) is 0 Å². The van der Waals surface area contributed by atoms with Crippen LogP contribution in [0.25, 0.3) is 0 Å². The Kier molecular flexibility index (Phi) is 7.67. The van der Waals surface area contributed by atoms with E-state index in [0.29, 0.717) is 5.69 Å². The molecule has 0 aliphatic heterocycles. The van der Waals surface area contributed by atoms with Gasteiger partial charge in [-0.2, -0.15) is 0 Å². The van der Waals surface area contributed by atoms with E-state index in [1.54, 1.807) is 18.2 Å². The van der Waals surface area contributed by atoms with Gasteiger partial charge in [0, 0.05) is 12.1 Å². The fourth-order valence-electron chi connectivity index (χ4n) is 2.39. The molecule has 0 fully saturated rings. The molecule has 2 aromatic carbocycles. The lowest BCUT2D eigenvalue weighted by molar-refractivity contribution is -0.140. The van der Waals surface area contributed by atoms with Gasteiger partial charge in [-0.05, 0) is 42.8 Å². The Balaban J connectivity index is 1.97. The zero-order valence-electron chi connectivity index (χ0n) is 15.3. The van der Waals surface area contributed by atoms with Crippen molar-refractivity contribution in [2.24, 2.45) is 5.92 Å². The van der Waals surface area contributed by atoms with E-state index in [2.05, 4.69) is 0 Å². The van der Waals surface area contributed by atoms with Gasteiger partial charge in [-0.3, -0.25) is 14.2 Å². The standard InChI is InChI=1S/C19H20NO8P/c20-15-7-9-16(10-8-15)27-19(23)14(12-29(24,25)26)6-11-17(21)28-18(22)13-4-2-1-3-5-13/h1-5,7-10,14H,6,11-12,20H2,(H2,24,25,26). The molecule has 29 heavy (non-hydrogen) atoms. The molecule has 4 N–H and O–H groups in total. The summed E-state index contributed by atoms with van der Waals surface area (Å²) >= 11 is 0. The van der Waals surface area contributed by atoms with Crippen LogP contribution in [0, 0.1) is 5.92 Å². The predicted molar refractivity (Wildman–Crippen MR) is 103 cm³/mol. The minimum Gasteiger partial charge on any atom is -0.426 e. The van der Waals surface area contributed by atoms with Gasteiger partial charge >= 0.3 is 25.5 Å². The molecular weight excluding hydrogens is 401 g/mol. The number of benzene rings is 2. The molecule has 0 bridgehead atoms. The number of carbonyl (C=O) groups is 3. The van der Waals surface area contributed by atoms with Crippen LogP contribution in [0.1, 0.15) is 23.2 Å². The highest BCUT2D eigenvalue weighted by molar-refractivity contribution is 7.51. The van der Waals surface area contributed by atoms with Crippen molar-refractivity contribution in [1.29, 1.82) is 0 Å². The number of rotatable bonds is 8. The lowest BCUT2D eigenvalue weighted by atomic mass is 10.1. The number of anilines is 1. The monoisotopic (exact) mass is 421 g/mol. The second-order valence-corrected chi connectivity index (χ2v) is 7.90. The minimum atomic E-state index is -4.56. The maximum absolute atomic E-state index is 12.3. The molecule has 1 atom stereocenters. The fourth-order valence-corrected chi connectivity index (χ4v) is 3.29. The molecule has 1 unspecified atom stereocenters. The first-order valence-corrected chi connectivity index (χ1v) is 10.4. The number of hydrogen-bond acceptors (Lipinski definition) is 7. The van der Waals surface area contributed by atoms with Crippen LogP contribution in [0.5, 0.6) is 5.75 Å². The molecule has 10 heteroatoms. The van der Waals surface area contributed by atoms with E-state index in [4.69, 9.17) is 15.2 Å². The van der Waals surface area contributed by atoms with Crippen molar-refractivity contribution in [3.8, 4) is 5.75 Å². The van der Waals surface area contributed by atoms with Gasteiger partial charge in [0.1, 0.15) is 5.75 Å². The van der Waals surface area contributed by atoms with Crippen LogP contribution >= 0.6 is 7.60 Å². The van der Waals surface area contributed by atoms with Crippen molar-refractivity contribution in [2.75, 3.05) is 11.9 Å². The number of carbonyl (C=O) groups excluding carboxylic acids is 3. The summed E-state index contributed by atoms with van der Waals surface area (Å²) in [6.45, 7) is 0. The number of nitrogens with two attached hydrogens (primary N) is 1. The average Bonchev–Trinajstić information content (AvgIpc) is 2.66. The zero-order valence-corrected chi connectivity index (χ0v) is 16.2. The van der Waals surface area contributed by atoms with E-state index in [1.165, 1.54) is 36.4 Å². The van der Waals surface area contributed by atoms with E-state index in [9.17, 15) is 28.7 Å². The first-order chi connectivity index (χ1) is 13.6. The lowest BCUT2D eigenvalue weighted by Gasteiger charge is -2.16. The van der Waals surface area contributed by atoms with Crippen LogP contribution in [0.4, 0.5) is 5.69 Å². The third kappa shape index (κ3) is 7.87. The second kappa shape index (κ2) is 9.97. The summed E-state index contributed by atoms with van der Waals surface area (Å²) in [6, 6.07) is 13.7. The quantitative estimate of drug-likeness (QED) is 0.191. The van der Waals surface area contributed by atoms with E-state index in [0.717, 1.165) is 0 Å². The topological polar surface area (TPSA) is 153 Å². The van der Waals surface area contributed by atoms with Gasteiger partial charge in [0.2, 0.25) is 0 Å². The van der Waals surface area contributed by atoms with Crippen LogP contribution in [0.15, 0.2) is 54.6 Å². The Morgan fingerprint density at radius 1 is 1.00 bits per heavy atom. The second-order valence-electron chi connectivity index (χ2n) is 6.20. The molecule has 0 saturated carbocycles. The van der Waals surface area contributed by atoms with E-state index in [1.807, 2.05) is 0 Å². The fraction of sp³-hybridized carbons (Fsp3) is 0.211. The summed E-state index contributed by atoms with van der Waals surface area (Å²) in [7, 11) is -4.56. The minimum absolute atomic E-state index is 0.141.